The van der Waals surface area contributed by atoms with E-state index >= 15 is 0 Å². The zero-order chi connectivity index (χ0) is 15.9. The van der Waals surface area contributed by atoms with Crippen LogP contribution in [0.4, 0.5) is 0 Å². The smallest absolute Gasteiger partial charge is 0.311 e. The molecule has 1 heterocycles. The summed E-state index contributed by atoms with van der Waals surface area (Å²) in [5.74, 6) is 0.551. The number of rotatable bonds is 7. The molecule has 0 spiro atoms. The SMILES string of the molecule is CCCCCC(=O)Oc1c(C)cc(C[n+]2cnc[nH]2)cc1C. The standard InChI is InChI=1S/C17H23N3O2/c1-4-5-6-7-16(21)22-17-13(2)8-15(9-14(17)3)10-20-12-18-11-19-20/h8-9,11-12H,4-7,10H2,1-3H3/p+1. The van der Waals surface area contributed by atoms with Crippen LogP contribution in [0.3, 0.4) is 0 Å². The lowest BCUT2D eigenvalue weighted by Gasteiger charge is -2.12. The molecule has 2 rings (SSSR count). The number of esters is 1. The highest BCUT2D eigenvalue weighted by Gasteiger charge is 2.12. The number of nitrogens with zero attached hydrogens (tertiary/aromatic N) is 2. The first-order valence-corrected chi connectivity index (χ1v) is 7.78. The van der Waals surface area contributed by atoms with Crippen LogP contribution in [-0.4, -0.2) is 16.1 Å². The summed E-state index contributed by atoms with van der Waals surface area (Å²) in [5, 5.41) is 3.02. The normalized spacial score (nSPS) is 10.7. The minimum absolute atomic E-state index is 0.143. The van der Waals surface area contributed by atoms with Gasteiger partial charge in [0, 0.05) is 6.42 Å². The number of aryl methyl sites for hydroxylation is 2. The summed E-state index contributed by atoms with van der Waals surface area (Å²) in [7, 11) is 0. The Morgan fingerprint density at radius 3 is 2.59 bits per heavy atom. The molecule has 1 aromatic carbocycles. The summed E-state index contributed by atoms with van der Waals surface area (Å²) < 4.78 is 7.44. The molecule has 5 heteroatoms. The number of benzene rings is 1. The van der Waals surface area contributed by atoms with Crippen LogP contribution >= 0.6 is 0 Å². The van der Waals surface area contributed by atoms with E-state index in [9.17, 15) is 4.79 Å². The zero-order valence-corrected chi connectivity index (χ0v) is 13.6. The van der Waals surface area contributed by atoms with Gasteiger partial charge in [-0.25, -0.2) is 0 Å². The van der Waals surface area contributed by atoms with Crippen molar-refractivity contribution in [2.24, 2.45) is 0 Å². The molecule has 0 saturated carbocycles. The van der Waals surface area contributed by atoms with Crippen LogP contribution in [0.5, 0.6) is 5.75 Å². The van der Waals surface area contributed by atoms with Crippen molar-refractivity contribution in [2.45, 2.75) is 53.0 Å². The van der Waals surface area contributed by atoms with Crippen LogP contribution in [0, 0.1) is 13.8 Å². The number of H-pyrrole nitrogens is 1. The van der Waals surface area contributed by atoms with Gasteiger partial charge >= 0.3 is 12.3 Å². The fourth-order valence-corrected chi connectivity index (χ4v) is 2.51. The summed E-state index contributed by atoms with van der Waals surface area (Å²) in [5.41, 5.74) is 3.12. The average molecular weight is 302 g/mol. The van der Waals surface area contributed by atoms with E-state index in [2.05, 4.69) is 29.1 Å². The molecule has 0 aliphatic heterocycles. The Labute approximate surface area is 131 Å². The van der Waals surface area contributed by atoms with E-state index in [0.29, 0.717) is 18.7 Å². The first kappa shape index (κ1) is 16.2. The van der Waals surface area contributed by atoms with Gasteiger partial charge in [0.1, 0.15) is 12.3 Å². The maximum absolute atomic E-state index is 11.9. The summed E-state index contributed by atoms with van der Waals surface area (Å²) in [6.45, 7) is 6.79. The van der Waals surface area contributed by atoms with E-state index in [-0.39, 0.29) is 5.97 Å². The number of carbonyl (C=O) groups is 1. The molecule has 0 aliphatic carbocycles. The summed E-state index contributed by atoms with van der Waals surface area (Å²) in [6, 6.07) is 4.10. The van der Waals surface area contributed by atoms with Gasteiger partial charge in [-0.05, 0) is 54.1 Å². The highest BCUT2D eigenvalue weighted by molar-refractivity contribution is 5.73. The van der Waals surface area contributed by atoms with Gasteiger partial charge in [0.25, 0.3) is 0 Å². The Morgan fingerprint density at radius 2 is 2.00 bits per heavy atom. The third kappa shape index (κ3) is 4.41. The Morgan fingerprint density at radius 1 is 1.27 bits per heavy atom. The molecule has 118 valence electrons. The maximum Gasteiger partial charge on any atom is 0.311 e. The quantitative estimate of drug-likeness (QED) is 0.370. The second-order valence-corrected chi connectivity index (χ2v) is 5.64. The minimum atomic E-state index is -0.143. The molecule has 0 aliphatic rings. The largest absolute Gasteiger partial charge is 0.426 e. The predicted octanol–water partition coefficient (Wildman–Crippen LogP) is 2.85. The van der Waals surface area contributed by atoms with Crippen LogP contribution < -0.4 is 9.42 Å². The molecule has 1 aromatic heterocycles. The molecule has 0 unspecified atom stereocenters. The van der Waals surface area contributed by atoms with Crippen LogP contribution in [0.15, 0.2) is 24.8 Å². The number of unbranched alkanes of at least 4 members (excludes halogenated alkanes) is 2. The van der Waals surface area contributed by atoms with Crippen LogP contribution in [0.2, 0.25) is 0 Å². The van der Waals surface area contributed by atoms with E-state index < -0.39 is 0 Å². The molecule has 0 saturated heterocycles. The van der Waals surface area contributed by atoms with Crippen LogP contribution in [-0.2, 0) is 11.3 Å². The number of aromatic amines is 1. The van der Waals surface area contributed by atoms with Crippen molar-refractivity contribution < 1.29 is 14.2 Å². The van der Waals surface area contributed by atoms with Crippen molar-refractivity contribution in [2.75, 3.05) is 0 Å². The summed E-state index contributed by atoms with van der Waals surface area (Å²) in [6.07, 6.45) is 6.93. The third-order valence-electron chi connectivity index (χ3n) is 3.58. The van der Waals surface area contributed by atoms with E-state index in [4.69, 9.17) is 4.74 Å². The van der Waals surface area contributed by atoms with Gasteiger partial charge in [-0.3, -0.25) is 4.79 Å². The van der Waals surface area contributed by atoms with Gasteiger partial charge in [-0.15, -0.1) is 0 Å². The average Bonchev–Trinajstić information content (AvgIpc) is 2.96. The van der Waals surface area contributed by atoms with Gasteiger partial charge < -0.3 is 4.74 Å². The highest BCUT2D eigenvalue weighted by atomic mass is 16.5. The highest BCUT2D eigenvalue weighted by Crippen LogP contribution is 2.25. The Kier molecular flexibility index (Phi) is 5.69. The molecule has 22 heavy (non-hydrogen) atoms. The first-order valence-electron chi connectivity index (χ1n) is 7.78. The van der Waals surface area contributed by atoms with Crippen molar-refractivity contribution in [3.63, 3.8) is 0 Å². The number of ether oxygens (including phenoxy) is 1. The fourth-order valence-electron chi connectivity index (χ4n) is 2.51. The molecule has 0 atom stereocenters. The van der Waals surface area contributed by atoms with Gasteiger partial charge in [-0.2, -0.15) is 9.78 Å². The van der Waals surface area contributed by atoms with E-state index in [0.717, 1.165) is 36.0 Å². The second-order valence-electron chi connectivity index (χ2n) is 5.64. The van der Waals surface area contributed by atoms with Crippen molar-refractivity contribution >= 4 is 5.97 Å². The van der Waals surface area contributed by atoms with Gasteiger partial charge in [0.15, 0.2) is 0 Å². The zero-order valence-electron chi connectivity index (χ0n) is 13.6. The molecule has 0 bridgehead atoms. The molecule has 1 N–H and O–H groups in total. The Bertz CT molecular complexity index is 598. The molecule has 0 fully saturated rings. The van der Waals surface area contributed by atoms with Crippen molar-refractivity contribution in [3.05, 3.63) is 41.5 Å². The Hall–Kier alpha value is -2.17. The molecular formula is C17H24N3O2+. The van der Waals surface area contributed by atoms with Crippen molar-refractivity contribution in [1.29, 1.82) is 0 Å². The van der Waals surface area contributed by atoms with Crippen LogP contribution in [0.25, 0.3) is 0 Å². The number of hydrogen-bond donors (Lipinski definition) is 1. The molecule has 2 aromatic rings. The molecular weight excluding hydrogens is 278 g/mol. The minimum Gasteiger partial charge on any atom is -0.426 e. The predicted molar refractivity (Wildman–Crippen MR) is 83.6 cm³/mol. The third-order valence-corrected chi connectivity index (χ3v) is 3.58. The van der Waals surface area contributed by atoms with Gasteiger partial charge in [0.05, 0.1) is 0 Å². The van der Waals surface area contributed by atoms with Gasteiger partial charge in [0.2, 0.25) is 6.33 Å². The first-order chi connectivity index (χ1) is 10.6. The number of aromatic nitrogens is 3. The van der Waals surface area contributed by atoms with Crippen molar-refractivity contribution in [3.8, 4) is 5.75 Å². The monoisotopic (exact) mass is 302 g/mol. The van der Waals surface area contributed by atoms with E-state index in [1.54, 1.807) is 12.7 Å². The lowest BCUT2D eigenvalue weighted by molar-refractivity contribution is -0.743. The lowest BCUT2D eigenvalue weighted by atomic mass is 10.1. The number of carbonyl (C=O) groups excluding carboxylic acids is 1. The summed E-state index contributed by atoms with van der Waals surface area (Å²) in [4.78, 5) is 15.9. The fraction of sp³-hybridized carbons (Fsp3) is 0.471. The number of hydrogen-bond acceptors (Lipinski definition) is 3. The molecule has 0 radical (unpaired) electrons. The van der Waals surface area contributed by atoms with E-state index in [1.165, 1.54) is 0 Å². The number of nitrogens with one attached hydrogen (secondary N) is 1. The van der Waals surface area contributed by atoms with E-state index in [1.807, 2.05) is 18.5 Å². The van der Waals surface area contributed by atoms with Crippen molar-refractivity contribution in [1.82, 2.24) is 10.1 Å². The van der Waals surface area contributed by atoms with Crippen LogP contribution in [0.1, 0.15) is 49.3 Å². The topological polar surface area (TPSA) is 58.9 Å². The maximum atomic E-state index is 11.9. The van der Waals surface area contributed by atoms with Gasteiger partial charge in [-0.1, -0.05) is 19.8 Å². The second kappa shape index (κ2) is 7.73. The Balaban J connectivity index is 2.05. The lowest BCUT2D eigenvalue weighted by Crippen LogP contribution is -2.35. The molecule has 5 nitrogen and oxygen atoms in total. The molecule has 0 amide bonds. The summed E-state index contributed by atoms with van der Waals surface area (Å²) >= 11 is 0.